The van der Waals surface area contributed by atoms with Gasteiger partial charge in [-0.3, -0.25) is 9.59 Å². The number of aromatic amines is 1. The Bertz CT molecular complexity index is 694. The number of ether oxygens (including phenoxy) is 2. The van der Waals surface area contributed by atoms with E-state index in [1.165, 1.54) is 12.3 Å². The zero-order valence-corrected chi connectivity index (χ0v) is 11.8. The molecule has 1 aromatic heterocycles. The number of rotatable bonds is 5. The van der Waals surface area contributed by atoms with E-state index in [1.807, 2.05) is 6.07 Å². The van der Waals surface area contributed by atoms with Gasteiger partial charge in [-0.1, -0.05) is 6.07 Å². The van der Waals surface area contributed by atoms with E-state index in [9.17, 15) is 9.59 Å². The topological polar surface area (TPSA) is 80.4 Å². The number of amides is 1. The summed E-state index contributed by atoms with van der Waals surface area (Å²) in [5, 5.41) is 2.69. The van der Waals surface area contributed by atoms with Crippen molar-refractivity contribution in [1.82, 2.24) is 10.3 Å². The molecule has 21 heavy (non-hydrogen) atoms. The highest BCUT2D eigenvalue weighted by atomic mass is 16.5. The molecule has 1 aromatic carbocycles. The molecular formula is C15H16N2O4. The Kier molecular flexibility index (Phi) is 4.61. The Labute approximate surface area is 121 Å². The van der Waals surface area contributed by atoms with Crippen molar-refractivity contribution in [3.8, 4) is 11.5 Å². The Morgan fingerprint density at radius 3 is 2.62 bits per heavy atom. The second-order valence-corrected chi connectivity index (χ2v) is 4.28. The number of benzene rings is 1. The van der Waals surface area contributed by atoms with Crippen LogP contribution in [-0.4, -0.2) is 25.1 Å². The van der Waals surface area contributed by atoms with Gasteiger partial charge in [0.25, 0.3) is 11.5 Å². The molecule has 0 atom stereocenters. The predicted molar refractivity (Wildman–Crippen MR) is 77.8 cm³/mol. The average Bonchev–Trinajstić information content (AvgIpc) is 2.52. The highest BCUT2D eigenvalue weighted by Crippen LogP contribution is 2.27. The summed E-state index contributed by atoms with van der Waals surface area (Å²) in [6.45, 7) is 0.285. The van der Waals surface area contributed by atoms with E-state index in [1.54, 1.807) is 32.4 Å². The number of methoxy groups -OCH3 is 2. The van der Waals surface area contributed by atoms with Crippen molar-refractivity contribution in [2.24, 2.45) is 0 Å². The molecule has 0 unspecified atom stereocenters. The molecule has 1 heterocycles. The minimum absolute atomic E-state index is 0.0815. The molecule has 0 radical (unpaired) electrons. The molecule has 2 aromatic rings. The van der Waals surface area contributed by atoms with Crippen LogP contribution < -0.4 is 20.3 Å². The maximum absolute atomic E-state index is 11.9. The fraction of sp³-hybridized carbons (Fsp3) is 0.200. The monoisotopic (exact) mass is 288 g/mol. The van der Waals surface area contributed by atoms with Crippen LogP contribution in [0.15, 0.2) is 41.3 Å². The van der Waals surface area contributed by atoms with E-state index in [0.29, 0.717) is 11.5 Å². The lowest BCUT2D eigenvalue weighted by Crippen LogP contribution is -2.28. The van der Waals surface area contributed by atoms with E-state index in [-0.39, 0.29) is 12.1 Å². The van der Waals surface area contributed by atoms with Crippen molar-refractivity contribution in [3.63, 3.8) is 0 Å². The third-order valence-corrected chi connectivity index (χ3v) is 2.96. The summed E-state index contributed by atoms with van der Waals surface area (Å²) in [5.74, 6) is 0.778. The van der Waals surface area contributed by atoms with E-state index >= 15 is 0 Å². The first-order chi connectivity index (χ1) is 10.2. The molecule has 110 valence electrons. The molecule has 0 fully saturated rings. The maximum atomic E-state index is 11.9. The van der Waals surface area contributed by atoms with E-state index in [0.717, 1.165) is 5.56 Å². The van der Waals surface area contributed by atoms with E-state index < -0.39 is 11.5 Å². The summed E-state index contributed by atoms with van der Waals surface area (Å²) in [6.07, 6.45) is 1.48. The summed E-state index contributed by atoms with van der Waals surface area (Å²) >= 11 is 0. The van der Waals surface area contributed by atoms with Crippen LogP contribution in [-0.2, 0) is 6.54 Å². The van der Waals surface area contributed by atoms with Crippen molar-refractivity contribution in [2.45, 2.75) is 6.54 Å². The average molecular weight is 288 g/mol. The van der Waals surface area contributed by atoms with Crippen LogP contribution >= 0.6 is 0 Å². The Morgan fingerprint density at radius 1 is 1.19 bits per heavy atom. The van der Waals surface area contributed by atoms with Gasteiger partial charge in [-0.25, -0.2) is 0 Å². The maximum Gasteiger partial charge on any atom is 0.260 e. The molecule has 0 aliphatic heterocycles. The number of H-pyrrole nitrogens is 1. The van der Waals surface area contributed by atoms with Crippen LogP contribution in [0.5, 0.6) is 11.5 Å². The number of pyridine rings is 1. The molecule has 0 saturated heterocycles. The normalized spacial score (nSPS) is 10.0. The minimum atomic E-state index is -0.424. The second-order valence-electron chi connectivity index (χ2n) is 4.28. The fourth-order valence-electron chi connectivity index (χ4n) is 1.87. The molecule has 0 aliphatic carbocycles. The van der Waals surface area contributed by atoms with Crippen LogP contribution in [0.2, 0.25) is 0 Å². The standard InChI is InChI=1S/C15H16N2O4/c1-20-12-6-5-10(8-13(12)21-2)9-17-15(19)11-4-3-7-16-14(11)18/h3-8H,9H2,1-2H3,(H,16,18)(H,17,19). The first-order valence-corrected chi connectivity index (χ1v) is 6.32. The smallest absolute Gasteiger partial charge is 0.260 e. The third-order valence-electron chi connectivity index (χ3n) is 2.96. The first kappa shape index (κ1) is 14.6. The molecule has 0 aliphatic rings. The summed E-state index contributed by atoms with van der Waals surface area (Å²) in [4.78, 5) is 25.9. The molecule has 6 heteroatoms. The number of nitrogens with one attached hydrogen (secondary N) is 2. The first-order valence-electron chi connectivity index (χ1n) is 6.32. The van der Waals surface area contributed by atoms with E-state index in [4.69, 9.17) is 9.47 Å². The lowest BCUT2D eigenvalue weighted by Gasteiger charge is -2.10. The van der Waals surface area contributed by atoms with Gasteiger partial charge in [0.1, 0.15) is 5.56 Å². The zero-order chi connectivity index (χ0) is 15.2. The molecule has 0 bridgehead atoms. The van der Waals surface area contributed by atoms with Crippen molar-refractivity contribution in [1.29, 1.82) is 0 Å². The number of aromatic nitrogens is 1. The largest absolute Gasteiger partial charge is 0.493 e. The minimum Gasteiger partial charge on any atom is -0.493 e. The Morgan fingerprint density at radius 2 is 1.95 bits per heavy atom. The Balaban J connectivity index is 2.08. The number of hydrogen-bond donors (Lipinski definition) is 2. The quantitative estimate of drug-likeness (QED) is 0.869. The van der Waals surface area contributed by atoms with Gasteiger partial charge in [0.05, 0.1) is 14.2 Å². The van der Waals surface area contributed by atoms with Crippen LogP contribution in [0.1, 0.15) is 15.9 Å². The summed E-state index contributed by atoms with van der Waals surface area (Å²) in [6, 6.07) is 8.43. The van der Waals surface area contributed by atoms with Gasteiger partial charge in [0, 0.05) is 12.7 Å². The summed E-state index contributed by atoms with van der Waals surface area (Å²) in [5.41, 5.74) is 0.508. The summed E-state index contributed by atoms with van der Waals surface area (Å²) in [7, 11) is 3.10. The predicted octanol–water partition coefficient (Wildman–Crippen LogP) is 1.32. The van der Waals surface area contributed by atoms with Gasteiger partial charge in [0.2, 0.25) is 0 Å². The SMILES string of the molecule is COc1ccc(CNC(=O)c2ccc[nH]c2=O)cc1OC. The van der Waals surface area contributed by atoms with Crippen molar-refractivity contribution in [3.05, 3.63) is 58.0 Å². The van der Waals surface area contributed by atoms with Gasteiger partial charge in [-0.2, -0.15) is 0 Å². The molecule has 2 N–H and O–H groups in total. The van der Waals surface area contributed by atoms with Gasteiger partial charge < -0.3 is 19.8 Å². The van der Waals surface area contributed by atoms with E-state index in [2.05, 4.69) is 10.3 Å². The van der Waals surface area contributed by atoms with Crippen molar-refractivity contribution >= 4 is 5.91 Å². The number of hydrogen-bond acceptors (Lipinski definition) is 4. The van der Waals surface area contributed by atoms with Gasteiger partial charge >= 0.3 is 0 Å². The summed E-state index contributed by atoms with van der Waals surface area (Å²) < 4.78 is 10.3. The molecule has 0 spiro atoms. The van der Waals surface area contributed by atoms with Crippen LogP contribution in [0.4, 0.5) is 0 Å². The van der Waals surface area contributed by atoms with Gasteiger partial charge in [-0.15, -0.1) is 0 Å². The van der Waals surface area contributed by atoms with Crippen LogP contribution in [0.3, 0.4) is 0 Å². The molecular weight excluding hydrogens is 272 g/mol. The lowest BCUT2D eigenvalue weighted by molar-refractivity contribution is 0.0949. The third kappa shape index (κ3) is 3.42. The van der Waals surface area contributed by atoms with Crippen LogP contribution in [0, 0.1) is 0 Å². The molecule has 1 amide bonds. The lowest BCUT2D eigenvalue weighted by atomic mass is 10.2. The number of carbonyl (C=O) groups excluding carboxylic acids is 1. The van der Waals surface area contributed by atoms with Crippen LogP contribution in [0.25, 0.3) is 0 Å². The highest BCUT2D eigenvalue weighted by Gasteiger charge is 2.10. The van der Waals surface area contributed by atoms with Gasteiger partial charge in [0.15, 0.2) is 11.5 Å². The van der Waals surface area contributed by atoms with Crippen molar-refractivity contribution < 1.29 is 14.3 Å². The molecule has 2 rings (SSSR count). The second kappa shape index (κ2) is 6.60. The number of carbonyl (C=O) groups is 1. The fourth-order valence-corrected chi connectivity index (χ4v) is 1.87. The molecule has 0 saturated carbocycles. The zero-order valence-electron chi connectivity index (χ0n) is 11.8. The van der Waals surface area contributed by atoms with Crippen molar-refractivity contribution in [2.75, 3.05) is 14.2 Å². The molecule has 6 nitrogen and oxygen atoms in total. The Hall–Kier alpha value is -2.76. The highest BCUT2D eigenvalue weighted by molar-refractivity contribution is 5.93. The van der Waals surface area contributed by atoms with Gasteiger partial charge in [-0.05, 0) is 29.8 Å².